The largest absolute Gasteiger partial charge is 0.416 e. The van der Waals surface area contributed by atoms with Gasteiger partial charge in [-0.25, -0.2) is 4.79 Å². The van der Waals surface area contributed by atoms with Crippen molar-refractivity contribution in [1.29, 1.82) is 0 Å². The Balaban J connectivity index is 1.91. The number of nitrogens with zero attached hydrogens (tertiary/aromatic N) is 2. The van der Waals surface area contributed by atoms with Crippen molar-refractivity contribution in [2.24, 2.45) is 5.92 Å². The van der Waals surface area contributed by atoms with Crippen LogP contribution in [0.1, 0.15) is 71.3 Å². The van der Waals surface area contributed by atoms with Crippen molar-refractivity contribution in [2.75, 3.05) is 31.5 Å². The molecule has 1 aromatic carbocycles. The van der Waals surface area contributed by atoms with Crippen LogP contribution in [0.3, 0.4) is 0 Å². The van der Waals surface area contributed by atoms with Crippen molar-refractivity contribution in [3.63, 3.8) is 0 Å². The van der Waals surface area contributed by atoms with Crippen LogP contribution in [0.5, 0.6) is 0 Å². The molecule has 4 amide bonds. The molecule has 2 rings (SSSR count). The average molecular weight is 513 g/mol. The Kier molecular flexibility index (Phi) is 11.5. The normalized spacial score (nSPS) is 15.8. The molecule has 2 N–H and O–H groups in total. The second-order valence-corrected chi connectivity index (χ2v) is 9.41. The third-order valence-electron chi connectivity index (χ3n) is 6.65. The molecule has 0 radical (unpaired) electrons. The highest BCUT2D eigenvalue weighted by Gasteiger charge is 2.33. The third-order valence-corrected chi connectivity index (χ3v) is 6.65. The van der Waals surface area contributed by atoms with Crippen LogP contribution in [0.2, 0.25) is 0 Å². The average Bonchev–Trinajstić information content (AvgIpc) is 2.86. The summed E-state index contributed by atoms with van der Waals surface area (Å²) < 4.78 is 38.9. The molecule has 0 spiro atoms. The van der Waals surface area contributed by atoms with Crippen LogP contribution in [0, 0.1) is 5.92 Å². The lowest BCUT2D eigenvalue weighted by Crippen LogP contribution is -2.57. The molecule has 0 aliphatic carbocycles. The number of nitrogens with one attached hydrogen (secondary N) is 2. The molecule has 1 saturated heterocycles. The van der Waals surface area contributed by atoms with Gasteiger partial charge in [0.1, 0.15) is 6.04 Å². The van der Waals surface area contributed by atoms with Gasteiger partial charge in [-0.1, -0.05) is 58.9 Å². The van der Waals surface area contributed by atoms with Crippen molar-refractivity contribution >= 4 is 23.5 Å². The second kappa shape index (κ2) is 14.1. The molecule has 202 valence electrons. The number of piperazine rings is 1. The quantitative estimate of drug-likeness (QED) is 0.396. The summed E-state index contributed by atoms with van der Waals surface area (Å²) in [4.78, 5) is 41.7. The number of alkyl halides is 3. The van der Waals surface area contributed by atoms with Crippen LogP contribution < -0.4 is 10.6 Å². The first kappa shape index (κ1) is 29.5. The number of hydrogen-bond acceptors (Lipinski definition) is 3. The molecule has 10 heteroatoms. The van der Waals surface area contributed by atoms with E-state index < -0.39 is 23.8 Å². The molecule has 2 unspecified atom stereocenters. The van der Waals surface area contributed by atoms with Crippen LogP contribution >= 0.6 is 0 Å². The highest BCUT2D eigenvalue weighted by molar-refractivity contribution is 5.94. The van der Waals surface area contributed by atoms with E-state index in [2.05, 4.69) is 17.6 Å². The van der Waals surface area contributed by atoms with E-state index in [1.54, 1.807) is 9.80 Å². The van der Waals surface area contributed by atoms with Gasteiger partial charge in [-0.05, 0) is 30.5 Å². The molecule has 1 heterocycles. The molecule has 0 bridgehead atoms. The summed E-state index contributed by atoms with van der Waals surface area (Å²) in [7, 11) is 0. The number of rotatable bonds is 11. The molecule has 7 nitrogen and oxygen atoms in total. The monoisotopic (exact) mass is 512 g/mol. The lowest BCUT2D eigenvalue weighted by molar-refractivity contribution is -0.141. The second-order valence-electron chi connectivity index (χ2n) is 9.41. The zero-order chi connectivity index (χ0) is 26.7. The Morgan fingerprint density at radius 2 is 1.61 bits per heavy atom. The Morgan fingerprint density at radius 3 is 2.22 bits per heavy atom. The smallest absolute Gasteiger partial charge is 0.339 e. The molecule has 0 saturated carbocycles. The lowest BCUT2D eigenvalue weighted by Gasteiger charge is -2.37. The predicted octanol–water partition coefficient (Wildman–Crippen LogP) is 5.27. The number of carbonyl (C=O) groups excluding carboxylic acids is 3. The molecule has 0 aromatic heterocycles. The fraction of sp³-hybridized carbons (Fsp3) is 0.654. The van der Waals surface area contributed by atoms with Gasteiger partial charge in [0, 0.05) is 38.3 Å². The minimum Gasteiger partial charge on any atom is -0.339 e. The van der Waals surface area contributed by atoms with Gasteiger partial charge >= 0.3 is 12.2 Å². The maximum absolute atomic E-state index is 13.3. The van der Waals surface area contributed by atoms with E-state index in [1.165, 1.54) is 18.6 Å². The maximum atomic E-state index is 13.3. The minimum absolute atomic E-state index is 0.0144. The summed E-state index contributed by atoms with van der Waals surface area (Å²) in [6.07, 6.45) is 2.00. The Labute approximate surface area is 211 Å². The van der Waals surface area contributed by atoms with E-state index in [1.807, 2.05) is 13.8 Å². The zero-order valence-electron chi connectivity index (χ0n) is 21.5. The van der Waals surface area contributed by atoms with Gasteiger partial charge < -0.3 is 20.4 Å². The van der Waals surface area contributed by atoms with Crippen molar-refractivity contribution in [2.45, 2.75) is 77.9 Å². The van der Waals surface area contributed by atoms with E-state index in [0.717, 1.165) is 37.8 Å². The number of urea groups is 1. The van der Waals surface area contributed by atoms with E-state index >= 15 is 0 Å². The van der Waals surface area contributed by atoms with Crippen LogP contribution in [0.4, 0.5) is 23.7 Å². The molecule has 36 heavy (non-hydrogen) atoms. The first-order valence-electron chi connectivity index (χ1n) is 12.9. The predicted molar refractivity (Wildman–Crippen MR) is 133 cm³/mol. The third kappa shape index (κ3) is 9.02. The van der Waals surface area contributed by atoms with Crippen molar-refractivity contribution in [1.82, 2.24) is 15.1 Å². The number of benzene rings is 1. The van der Waals surface area contributed by atoms with Crippen LogP contribution in [-0.2, 0) is 15.8 Å². The van der Waals surface area contributed by atoms with Gasteiger partial charge in [0.15, 0.2) is 0 Å². The van der Waals surface area contributed by atoms with Gasteiger partial charge in [-0.3, -0.25) is 9.59 Å². The molecule has 2 atom stereocenters. The minimum atomic E-state index is -4.53. The molecule has 1 aliphatic heterocycles. The summed E-state index contributed by atoms with van der Waals surface area (Å²) in [6.45, 7) is 7.54. The van der Waals surface area contributed by atoms with Gasteiger partial charge in [0.05, 0.1) is 5.56 Å². The summed E-state index contributed by atoms with van der Waals surface area (Å²) in [5, 5.41) is 5.05. The highest BCUT2D eigenvalue weighted by Crippen LogP contribution is 2.30. The number of hydrogen-bond donors (Lipinski definition) is 2. The number of anilines is 1. The fourth-order valence-corrected chi connectivity index (χ4v) is 4.18. The molecule has 1 aromatic rings. The molecular weight excluding hydrogens is 473 g/mol. The first-order chi connectivity index (χ1) is 17.1. The summed E-state index contributed by atoms with van der Waals surface area (Å²) in [5.74, 6) is -0.335. The highest BCUT2D eigenvalue weighted by atomic mass is 19.4. The van der Waals surface area contributed by atoms with Crippen molar-refractivity contribution in [3.05, 3.63) is 29.8 Å². The SMILES string of the molecule is CCCCCCCC(=O)N1CCN(C(=O)C(NC(=O)Nc2cccc(C(F)(F)F)c2)C(C)CC)CC1. The summed E-state index contributed by atoms with van der Waals surface area (Å²) >= 11 is 0. The molecule has 1 fully saturated rings. The number of carbonyl (C=O) groups is 3. The Hall–Kier alpha value is -2.78. The van der Waals surface area contributed by atoms with Crippen molar-refractivity contribution < 1.29 is 27.6 Å². The first-order valence-corrected chi connectivity index (χ1v) is 12.9. The van der Waals surface area contributed by atoms with E-state index in [-0.39, 0.29) is 23.4 Å². The number of amides is 4. The Bertz CT molecular complexity index is 870. The molecular formula is C26H39F3N4O3. The summed E-state index contributed by atoms with van der Waals surface area (Å²) in [5.41, 5.74) is -0.886. The Morgan fingerprint density at radius 1 is 0.972 bits per heavy atom. The number of halogens is 3. The van der Waals surface area contributed by atoms with Gasteiger partial charge in [-0.15, -0.1) is 0 Å². The molecule has 1 aliphatic rings. The number of unbranched alkanes of at least 4 members (excludes halogenated alkanes) is 4. The summed E-state index contributed by atoms with van der Waals surface area (Å²) in [6, 6.07) is 2.76. The van der Waals surface area contributed by atoms with E-state index in [4.69, 9.17) is 0 Å². The fourth-order valence-electron chi connectivity index (χ4n) is 4.18. The van der Waals surface area contributed by atoms with Gasteiger partial charge in [0.25, 0.3) is 0 Å². The van der Waals surface area contributed by atoms with Crippen LogP contribution in [0.15, 0.2) is 24.3 Å². The standard InChI is InChI=1S/C26H39F3N4O3/c1-4-6-7-8-9-13-22(34)32-14-16-33(17-15-32)24(35)23(19(3)5-2)31-25(36)30-21-12-10-11-20(18-21)26(27,28)29/h10-12,18-19,23H,4-9,13-17H2,1-3H3,(H2,30,31,36). The topological polar surface area (TPSA) is 81.8 Å². The lowest BCUT2D eigenvalue weighted by atomic mass is 9.97. The zero-order valence-corrected chi connectivity index (χ0v) is 21.5. The van der Waals surface area contributed by atoms with Gasteiger partial charge in [0.2, 0.25) is 11.8 Å². The van der Waals surface area contributed by atoms with Gasteiger partial charge in [-0.2, -0.15) is 13.2 Å². The van der Waals surface area contributed by atoms with Crippen molar-refractivity contribution in [3.8, 4) is 0 Å². The maximum Gasteiger partial charge on any atom is 0.416 e. The van der Waals surface area contributed by atoms with E-state index in [0.29, 0.717) is 39.0 Å². The van der Waals surface area contributed by atoms with E-state index in [9.17, 15) is 27.6 Å². The van der Waals surface area contributed by atoms with Crippen LogP contribution in [-0.4, -0.2) is 59.9 Å². The van der Waals surface area contributed by atoms with Crippen LogP contribution in [0.25, 0.3) is 0 Å².